The van der Waals surface area contributed by atoms with Crippen molar-refractivity contribution in [2.45, 2.75) is 28.9 Å². The summed E-state index contributed by atoms with van der Waals surface area (Å²) >= 11 is 1.60. The Morgan fingerprint density at radius 1 is 1.36 bits per heavy atom. The zero-order valence-corrected chi connectivity index (χ0v) is 8.82. The van der Waals surface area contributed by atoms with Crippen molar-refractivity contribution in [2.24, 2.45) is 5.73 Å². The summed E-state index contributed by atoms with van der Waals surface area (Å²) in [5.41, 5.74) is 5.72. The van der Waals surface area contributed by atoms with Crippen LogP contribution in [-0.4, -0.2) is 11.3 Å². The minimum Gasteiger partial charge on any atom is -0.329 e. The van der Waals surface area contributed by atoms with E-state index in [0.29, 0.717) is 6.54 Å². The SMILES string of the molecule is NCC1(Sc2ccccc2F)CCC1. The molecule has 0 bridgehead atoms. The molecule has 0 unspecified atom stereocenters. The first kappa shape index (κ1) is 9.99. The quantitative estimate of drug-likeness (QED) is 0.832. The van der Waals surface area contributed by atoms with Crippen molar-refractivity contribution < 1.29 is 4.39 Å². The molecule has 1 aromatic rings. The topological polar surface area (TPSA) is 26.0 Å². The average molecular weight is 211 g/mol. The molecule has 0 heterocycles. The fourth-order valence-electron chi connectivity index (χ4n) is 1.68. The molecule has 0 aliphatic heterocycles. The Kier molecular flexibility index (Phi) is 2.79. The Morgan fingerprint density at radius 2 is 2.07 bits per heavy atom. The van der Waals surface area contributed by atoms with Crippen molar-refractivity contribution in [1.29, 1.82) is 0 Å². The summed E-state index contributed by atoms with van der Waals surface area (Å²) in [6.45, 7) is 0.645. The molecule has 76 valence electrons. The van der Waals surface area contributed by atoms with E-state index in [-0.39, 0.29) is 10.6 Å². The predicted molar refractivity (Wildman–Crippen MR) is 57.9 cm³/mol. The molecule has 1 aliphatic carbocycles. The van der Waals surface area contributed by atoms with Crippen LogP contribution in [0.1, 0.15) is 19.3 Å². The Bertz CT molecular complexity index is 317. The number of nitrogens with two attached hydrogens (primary N) is 1. The maximum Gasteiger partial charge on any atom is 0.136 e. The third-order valence-corrected chi connectivity index (χ3v) is 4.36. The van der Waals surface area contributed by atoms with Gasteiger partial charge < -0.3 is 5.73 Å². The van der Waals surface area contributed by atoms with Gasteiger partial charge in [-0.1, -0.05) is 18.6 Å². The first-order valence-electron chi connectivity index (χ1n) is 4.89. The van der Waals surface area contributed by atoms with Crippen molar-refractivity contribution in [3.8, 4) is 0 Å². The van der Waals surface area contributed by atoms with Gasteiger partial charge in [0, 0.05) is 16.2 Å². The highest BCUT2D eigenvalue weighted by Crippen LogP contribution is 2.47. The molecular weight excluding hydrogens is 197 g/mol. The molecule has 14 heavy (non-hydrogen) atoms. The molecule has 0 aromatic heterocycles. The second-order valence-corrected chi connectivity index (χ2v) is 5.28. The van der Waals surface area contributed by atoms with Gasteiger partial charge in [0.05, 0.1) is 0 Å². The van der Waals surface area contributed by atoms with Crippen molar-refractivity contribution in [1.82, 2.24) is 0 Å². The first-order valence-corrected chi connectivity index (χ1v) is 5.71. The average Bonchev–Trinajstić information content (AvgIpc) is 2.14. The van der Waals surface area contributed by atoms with Crippen LogP contribution < -0.4 is 5.73 Å². The van der Waals surface area contributed by atoms with Gasteiger partial charge in [0.1, 0.15) is 5.82 Å². The van der Waals surface area contributed by atoms with Crippen molar-refractivity contribution in [2.75, 3.05) is 6.54 Å². The van der Waals surface area contributed by atoms with E-state index in [9.17, 15) is 4.39 Å². The standard InChI is InChI=1S/C11H14FNS/c12-9-4-1-2-5-10(9)14-11(8-13)6-3-7-11/h1-2,4-5H,3,6-8,13H2. The number of hydrogen-bond acceptors (Lipinski definition) is 2. The van der Waals surface area contributed by atoms with E-state index in [2.05, 4.69) is 0 Å². The molecule has 3 heteroatoms. The van der Waals surface area contributed by atoms with E-state index in [1.165, 1.54) is 12.5 Å². The zero-order chi connectivity index (χ0) is 10.0. The van der Waals surface area contributed by atoms with E-state index in [4.69, 9.17) is 5.73 Å². The summed E-state index contributed by atoms with van der Waals surface area (Å²) in [6, 6.07) is 6.92. The molecule has 1 fully saturated rings. The van der Waals surface area contributed by atoms with Crippen LogP contribution in [0.4, 0.5) is 4.39 Å². The molecular formula is C11H14FNS. The van der Waals surface area contributed by atoms with Gasteiger partial charge in [-0.25, -0.2) is 4.39 Å². The van der Waals surface area contributed by atoms with Gasteiger partial charge in [-0.3, -0.25) is 0 Å². The lowest BCUT2D eigenvalue weighted by Crippen LogP contribution is -2.41. The van der Waals surface area contributed by atoms with Gasteiger partial charge in [0.2, 0.25) is 0 Å². The third-order valence-electron chi connectivity index (χ3n) is 2.80. The Balaban J connectivity index is 2.13. The van der Waals surface area contributed by atoms with Crippen LogP contribution in [0.5, 0.6) is 0 Å². The van der Waals surface area contributed by atoms with E-state index in [1.807, 2.05) is 12.1 Å². The molecule has 0 saturated heterocycles. The molecule has 0 atom stereocenters. The van der Waals surface area contributed by atoms with Crippen molar-refractivity contribution in [3.63, 3.8) is 0 Å². The lowest BCUT2D eigenvalue weighted by molar-refractivity contribution is 0.370. The van der Waals surface area contributed by atoms with Crippen LogP contribution >= 0.6 is 11.8 Å². The van der Waals surface area contributed by atoms with E-state index < -0.39 is 0 Å². The second-order valence-electron chi connectivity index (χ2n) is 3.77. The van der Waals surface area contributed by atoms with Gasteiger partial charge in [-0.05, 0) is 25.0 Å². The normalized spacial score (nSPS) is 19.0. The van der Waals surface area contributed by atoms with Crippen LogP contribution in [0.25, 0.3) is 0 Å². The molecule has 2 N–H and O–H groups in total. The number of benzene rings is 1. The lowest BCUT2D eigenvalue weighted by atomic mass is 9.84. The number of halogens is 1. The Morgan fingerprint density at radius 3 is 2.57 bits per heavy atom. The summed E-state index contributed by atoms with van der Waals surface area (Å²) in [5.74, 6) is -0.128. The van der Waals surface area contributed by atoms with Crippen LogP contribution in [-0.2, 0) is 0 Å². The second kappa shape index (κ2) is 3.91. The summed E-state index contributed by atoms with van der Waals surface area (Å²) < 4.78 is 13.5. The van der Waals surface area contributed by atoms with E-state index in [0.717, 1.165) is 17.7 Å². The van der Waals surface area contributed by atoms with Gasteiger partial charge in [0.15, 0.2) is 0 Å². The van der Waals surface area contributed by atoms with Crippen LogP contribution in [0.3, 0.4) is 0 Å². The minimum atomic E-state index is -0.128. The number of rotatable bonds is 3. The van der Waals surface area contributed by atoms with Crippen molar-refractivity contribution in [3.05, 3.63) is 30.1 Å². The fraction of sp³-hybridized carbons (Fsp3) is 0.455. The molecule has 0 radical (unpaired) electrons. The van der Waals surface area contributed by atoms with E-state index in [1.54, 1.807) is 17.8 Å². The van der Waals surface area contributed by atoms with Crippen LogP contribution in [0.2, 0.25) is 0 Å². The van der Waals surface area contributed by atoms with Crippen molar-refractivity contribution >= 4 is 11.8 Å². The molecule has 0 amide bonds. The molecule has 1 aromatic carbocycles. The predicted octanol–water partition coefficient (Wildman–Crippen LogP) is 2.80. The largest absolute Gasteiger partial charge is 0.329 e. The van der Waals surface area contributed by atoms with Crippen LogP contribution in [0, 0.1) is 5.82 Å². The smallest absolute Gasteiger partial charge is 0.136 e. The highest BCUT2D eigenvalue weighted by atomic mass is 32.2. The van der Waals surface area contributed by atoms with Gasteiger partial charge >= 0.3 is 0 Å². The molecule has 1 nitrogen and oxygen atoms in total. The molecule has 2 rings (SSSR count). The lowest BCUT2D eigenvalue weighted by Gasteiger charge is -2.40. The summed E-state index contributed by atoms with van der Waals surface area (Å²) in [4.78, 5) is 0.734. The number of hydrogen-bond donors (Lipinski definition) is 1. The van der Waals surface area contributed by atoms with Gasteiger partial charge in [-0.2, -0.15) is 0 Å². The summed E-state index contributed by atoms with van der Waals surface area (Å²) in [7, 11) is 0. The van der Waals surface area contributed by atoms with Crippen LogP contribution in [0.15, 0.2) is 29.2 Å². The third kappa shape index (κ3) is 1.79. The summed E-state index contributed by atoms with van der Waals surface area (Å²) in [6.07, 6.45) is 3.45. The maximum atomic E-state index is 13.4. The van der Waals surface area contributed by atoms with Gasteiger partial charge in [-0.15, -0.1) is 11.8 Å². The molecule has 1 aliphatic rings. The number of thioether (sulfide) groups is 1. The highest BCUT2D eigenvalue weighted by Gasteiger charge is 2.37. The monoisotopic (exact) mass is 211 g/mol. The zero-order valence-electron chi connectivity index (χ0n) is 8.00. The van der Waals surface area contributed by atoms with E-state index >= 15 is 0 Å². The summed E-state index contributed by atoms with van der Waals surface area (Å²) in [5, 5.41) is 0. The van der Waals surface area contributed by atoms with Gasteiger partial charge in [0.25, 0.3) is 0 Å². The highest BCUT2D eigenvalue weighted by molar-refractivity contribution is 8.00. The first-order chi connectivity index (χ1) is 6.76. The maximum absolute atomic E-state index is 13.4. The Labute approximate surface area is 87.9 Å². The fourth-order valence-corrected chi connectivity index (χ4v) is 3.03. The molecule has 0 spiro atoms. The Hall–Kier alpha value is -0.540. The minimum absolute atomic E-state index is 0.113. The molecule has 1 saturated carbocycles.